The number of pyridine rings is 1. The highest BCUT2D eigenvalue weighted by Crippen LogP contribution is 2.39. The largest absolute Gasteiger partial charge is 0.393 e. The summed E-state index contributed by atoms with van der Waals surface area (Å²) in [6, 6.07) is 11.3. The van der Waals surface area contributed by atoms with Gasteiger partial charge in [-0.2, -0.15) is 5.26 Å². The van der Waals surface area contributed by atoms with Gasteiger partial charge in [-0.05, 0) is 36.8 Å². The molecule has 0 saturated carbocycles. The Kier molecular flexibility index (Phi) is 5.93. The van der Waals surface area contributed by atoms with Gasteiger partial charge in [0.2, 0.25) is 0 Å². The van der Waals surface area contributed by atoms with Gasteiger partial charge < -0.3 is 15.6 Å². The van der Waals surface area contributed by atoms with Crippen molar-refractivity contribution in [1.82, 2.24) is 10.3 Å². The van der Waals surface area contributed by atoms with Crippen molar-refractivity contribution in [3.05, 3.63) is 53.9 Å². The zero-order valence-corrected chi connectivity index (χ0v) is 17.2. The SMILES string of the molecule is CN/C=C(\C=N)c1ccc2c(c1)N(c1ccc(C#N)cn1)C[C@@H](C)C(=N)N2C(C)=N. The zero-order valence-electron chi connectivity index (χ0n) is 17.2. The van der Waals surface area contributed by atoms with Crippen LogP contribution in [0.25, 0.3) is 5.57 Å². The van der Waals surface area contributed by atoms with E-state index in [0.717, 1.165) is 11.3 Å². The van der Waals surface area contributed by atoms with Gasteiger partial charge in [0.1, 0.15) is 23.6 Å². The van der Waals surface area contributed by atoms with E-state index in [2.05, 4.69) is 16.4 Å². The summed E-state index contributed by atoms with van der Waals surface area (Å²) in [5, 5.41) is 36.7. The Hall–Kier alpha value is -3.99. The summed E-state index contributed by atoms with van der Waals surface area (Å²) in [5.74, 6) is 1.10. The quantitative estimate of drug-likeness (QED) is 0.459. The number of hydrogen-bond donors (Lipinski definition) is 4. The van der Waals surface area contributed by atoms with Crippen molar-refractivity contribution in [2.45, 2.75) is 13.8 Å². The van der Waals surface area contributed by atoms with Crippen molar-refractivity contribution in [2.24, 2.45) is 5.92 Å². The number of nitrogens with zero attached hydrogens (tertiary/aromatic N) is 4. The number of amidine groups is 2. The average molecular weight is 400 g/mol. The maximum atomic E-state index is 9.09. The molecule has 8 nitrogen and oxygen atoms in total. The molecule has 1 aliphatic heterocycles. The van der Waals surface area contributed by atoms with Gasteiger partial charge in [0, 0.05) is 43.7 Å². The maximum absolute atomic E-state index is 9.09. The molecule has 4 N–H and O–H groups in total. The second kappa shape index (κ2) is 8.57. The Labute approximate surface area is 176 Å². The number of rotatable bonds is 4. The first-order valence-electron chi connectivity index (χ1n) is 9.51. The Balaban J connectivity index is 2.25. The summed E-state index contributed by atoms with van der Waals surface area (Å²) in [6.07, 6.45) is 4.56. The normalized spacial score (nSPS) is 16.4. The molecule has 0 unspecified atom stereocenters. The lowest BCUT2D eigenvalue weighted by Crippen LogP contribution is -2.38. The van der Waals surface area contributed by atoms with Gasteiger partial charge in [-0.15, -0.1) is 0 Å². The predicted molar refractivity (Wildman–Crippen MR) is 121 cm³/mol. The summed E-state index contributed by atoms with van der Waals surface area (Å²) >= 11 is 0. The smallest absolute Gasteiger partial charge is 0.133 e. The molecule has 0 saturated heterocycles. The summed E-state index contributed by atoms with van der Waals surface area (Å²) in [7, 11) is 1.78. The van der Waals surface area contributed by atoms with Gasteiger partial charge in [0.05, 0.1) is 16.9 Å². The molecule has 152 valence electrons. The highest BCUT2D eigenvalue weighted by atomic mass is 15.3. The van der Waals surface area contributed by atoms with Crippen molar-refractivity contribution in [3.63, 3.8) is 0 Å². The second-order valence-electron chi connectivity index (χ2n) is 7.07. The van der Waals surface area contributed by atoms with E-state index in [1.807, 2.05) is 30.0 Å². The molecule has 0 bridgehead atoms. The minimum atomic E-state index is -0.159. The third-order valence-corrected chi connectivity index (χ3v) is 4.95. The van der Waals surface area contributed by atoms with Gasteiger partial charge >= 0.3 is 0 Å². The fourth-order valence-electron chi connectivity index (χ4n) is 3.47. The van der Waals surface area contributed by atoms with Crippen LogP contribution in [0.5, 0.6) is 0 Å². The number of hydrogen-bond acceptors (Lipinski definition) is 7. The van der Waals surface area contributed by atoms with Crippen molar-refractivity contribution in [2.75, 3.05) is 23.4 Å². The standard InChI is InChI=1S/C22H24N8/c1-14-13-29(21-7-4-16(9-23)11-28-21)20-8-17(18(10-24)12-27-3)5-6-19(20)30(15(2)25)22(14)26/h4-8,10-12,14,24-27H,13H2,1-3H3/b18-12+,24-10?,25-15?,26-22?/t14-/m1/s1. The fourth-order valence-corrected chi connectivity index (χ4v) is 3.47. The molecule has 1 atom stereocenters. The van der Waals surface area contributed by atoms with E-state index in [-0.39, 0.29) is 11.8 Å². The molecular formula is C22H24N8. The van der Waals surface area contributed by atoms with Crippen molar-refractivity contribution in [3.8, 4) is 6.07 Å². The molecule has 1 aliphatic rings. The molecule has 3 rings (SSSR count). The van der Waals surface area contributed by atoms with Crippen LogP contribution in [0.3, 0.4) is 0 Å². The first-order valence-corrected chi connectivity index (χ1v) is 9.51. The number of benzene rings is 1. The average Bonchev–Trinajstić information content (AvgIpc) is 2.86. The Morgan fingerprint density at radius 1 is 1.30 bits per heavy atom. The van der Waals surface area contributed by atoms with Crippen LogP contribution in [0.2, 0.25) is 0 Å². The lowest BCUT2D eigenvalue weighted by Gasteiger charge is -2.27. The molecule has 0 fully saturated rings. The molecule has 8 heteroatoms. The summed E-state index contributed by atoms with van der Waals surface area (Å²) in [5.41, 5.74) is 3.51. The van der Waals surface area contributed by atoms with Gasteiger partial charge in [-0.3, -0.25) is 15.7 Å². The minimum Gasteiger partial charge on any atom is -0.393 e. The summed E-state index contributed by atoms with van der Waals surface area (Å²) in [6.45, 7) is 4.11. The highest BCUT2D eigenvalue weighted by Gasteiger charge is 2.31. The van der Waals surface area contributed by atoms with E-state index < -0.39 is 0 Å². The number of nitrogens with one attached hydrogen (secondary N) is 4. The summed E-state index contributed by atoms with van der Waals surface area (Å²) in [4.78, 5) is 8.10. The van der Waals surface area contributed by atoms with E-state index >= 15 is 0 Å². The van der Waals surface area contributed by atoms with E-state index in [1.165, 1.54) is 12.4 Å². The fraction of sp³-hybridized carbons (Fsp3) is 0.227. The van der Waals surface area contributed by atoms with E-state index in [0.29, 0.717) is 35.0 Å². The number of nitriles is 1. The highest BCUT2D eigenvalue weighted by molar-refractivity contribution is 6.20. The Bertz CT molecular complexity index is 1060. The van der Waals surface area contributed by atoms with Crippen LogP contribution in [0.4, 0.5) is 17.2 Å². The number of aromatic nitrogens is 1. The molecule has 1 aromatic carbocycles. The van der Waals surface area contributed by atoms with Crippen molar-refractivity contribution >= 4 is 40.7 Å². The van der Waals surface area contributed by atoms with Gasteiger partial charge in [0.15, 0.2) is 0 Å². The minimum absolute atomic E-state index is 0.159. The first-order chi connectivity index (χ1) is 14.4. The lowest BCUT2D eigenvalue weighted by atomic mass is 10.0. The number of fused-ring (bicyclic) bond motifs is 1. The molecule has 0 spiro atoms. The van der Waals surface area contributed by atoms with Crippen LogP contribution in [0, 0.1) is 33.5 Å². The Morgan fingerprint density at radius 2 is 2.07 bits per heavy atom. The van der Waals surface area contributed by atoms with Gasteiger partial charge in [-0.25, -0.2) is 4.98 Å². The third kappa shape index (κ3) is 3.78. The van der Waals surface area contributed by atoms with E-state index in [1.54, 1.807) is 37.2 Å². The molecule has 30 heavy (non-hydrogen) atoms. The van der Waals surface area contributed by atoms with E-state index in [9.17, 15) is 0 Å². The molecular weight excluding hydrogens is 376 g/mol. The van der Waals surface area contributed by atoms with E-state index in [4.69, 9.17) is 21.5 Å². The third-order valence-electron chi connectivity index (χ3n) is 4.95. The monoisotopic (exact) mass is 400 g/mol. The van der Waals surface area contributed by atoms with Gasteiger partial charge in [-0.1, -0.05) is 13.0 Å². The van der Waals surface area contributed by atoms with Crippen molar-refractivity contribution < 1.29 is 0 Å². The van der Waals surface area contributed by atoms with Crippen LogP contribution in [0.15, 0.2) is 42.7 Å². The number of anilines is 3. The molecule has 1 aromatic heterocycles. The van der Waals surface area contributed by atoms with Crippen LogP contribution in [0.1, 0.15) is 25.0 Å². The number of allylic oxidation sites excluding steroid dienone is 1. The summed E-state index contributed by atoms with van der Waals surface area (Å²) < 4.78 is 0. The Morgan fingerprint density at radius 3 is 2.63 bits per heavy atom. The van der Waals surface area contributed by atoms with Crippen LogP contribution < -0.4 is 15.1 Å². The van der Waals surface area contributed by atoms with Crippen LogP contribution in [-0.4, -0.2) is 36.5 Å². The van der Waals surface area contributed by atoms with Crippen molar-refractivity contribution in [1.29, 1.82) is 21.5 Å². The molecule has 2 heterocycles. The molecule has 0 amide bonds. The first kappa shape index (κ1) is 20.7. The van der Waals surface area contributed by atoms with Crippen LogP contribution >= 0.6 is 0 Å². The predicted octanol–water partition coefficient (Wildman–Crippen LogP) is 3.73. The topological polar surface area (TPSA) is 127 Å². The maximum Gasteiger partial charge on any atom is 0.133 e. The molecule has 0 aliphatic carbocycles. The van der Waals surface area contributed by atoms with Crippen LogP contribution in [-0.2, 0) is 0 Å². The molecule has 2 aromatic rings. The zero-order chi connectivity index (χ0) is 21.8. The second-order valence-corrected chi connectivity index (χ2v) is 7.07. The van der Waals surface area contributed by atoms with Gasteiger partial charge in [0.25, 0.3) is 0 Å². The lowest BCUT2D eigenvalue weighted by molar-refractivity contribution is 0.751. The molecule has 0 radical (unpaired) electrons.